The number of anilines is 1. The zero-order valence-corrected chi connectivity index (χ0v) is 11.1. The van der Waals surface area contributed by atoms with Gasteiger partial charge < -0.3 is 10.6 Å². The second kappa shape index (κ2) is 6.66. The number of hydrogen-bond donors (Lipinski definition) is 1. The molecule has 2 N–H and O–H groups in total. The Morgan fingerprint density at radius 3 is 2.61 bits per heavy atom. The first-order valence-electron chi connectivity index (χ1n) is 6.80. The summed E-state index contributed by atoms with van der Waals surface area (Å²) in [6.07, 6.45) is 7.59. The SMILES string of the molecule is CCC(CCN)N1CCN(c2cnccn2)CC1. The summed E-state index contributed by atoms with van der Waals surface area (Å²) in [5, 5.41) is 0. The van der Waals surface area contributed by atoms with Crippen molar-refractivity contribution in [2.24, 2.45) is 5.73 Å². The van der Waals surface area contributed by atoms with Crippen molar-refractivity contribution in [1.29, 1.82) is 0 Å². The lowest BCUT2D eigenvalue weighted by molar-refractivity contribution is 0.173. The highest BCUT2D eigenvalue weighted by Crippen LogP contribution is 2.15. The molecule has 0 spiro atoms. The molecule has 100 valence electrons. The molecule has 1 aromatic rings. The summed E-state index contributed by atoms with van der Waals surface area (Å²) in [5.41, 5.74) is 5.67. The van der Waals surface area contributed by atoms with E-state index < -0.39 is 0 Å². The van der Waals surface area contributed by atoms with Crippen LogP contribution in [0.15, 0.2) is 18.6 Å². The van der Waals surface area contributed by atoms with Crippen LogP contribution in [0.2, 0.25) is 0 Å². The van der Waals surface area contributed by atoms with Crippen LogP contribution in [0.5, 0.6) is 0 Å². The van der Waals surface area contributed by atoms with E-state index in [-0.39, 0.29) is 0 Å². The monoisotopic (exact) mass is 249 g/mol. The van der Waals surface area contributed by atoms with Gasteiger partial charge in [-0.15, -0.1) is 0 Å². The molecule has 5 heteroatoms. The minimum Gasteiger partial charge on any atom is -0.353 e. The Hall–Kier alpha value is -1.20. The third-order valence-corrected chi connectivity index (χ3v) is 3.68. The molecule has 0 saturated carbocycles. The molecule has 0 amide bonds. The van der Waals surface area contributed by atoms with Crippen LogP contribution in [0.4, 0.5) is 5.82 Å². The lowest BCUT2D eigenvalue weighted by atomic mass is 10.1. The summed E-state index contributed by atoms with van der Waals surface area (Å²) in [5.74, 6) is 0.990. The number of nitrogens with two attached hydrogens (primary N) is 1. The molecule has 0 bridgehead atoms. The quantitative estimate of drug-likeness (QED) is 0.833. The molecule has 0 radical (unpaired) electrons. The van der Waals surface area contributed by atoms with Gasteiger partial charge in [-0.05, 0) is 19.4 Å². The summed E-state index contributed by atoms with van der Waals surface area (Å²) in [7, 11) is 0. The first kappa shape index (κ1) is 13.2. The van der Waals surface area contributed by atoms with Crippen molar-refractivity contribution >= 4 is 5.82 Å². The molecule has 5 nitrogen and oxygen atoms in total. The molecule has 1 saturated heterocycles. The van der Waals surface area contributed by atoms with Gasteiger partial charge in [-0.2, -0.15) is 0 Å². The number of nitrogens with zero attached hydrogens (tertiary/aromatic N) is 4. The Balaban J connectivity index is 1.88. The van der Waals surface area contributed by atoms with Gasteiger partial charge in [0.15, 0.2) is 0 Å². The fraction of sp³-hybridized carbons (Fsp3) is 0.692. The molecule has 1 atom stereocenters. The predicted molar refractivity (Wildman–Crippen MR) is 73.6 cm³/mol. The summed E-state index contributed by atoms with van der Waals surface area (Å²) in [4.78, 5) is 13.3. The molecule has 1 fully saturated rings. The van der Waals surface area contributed by atoms with E-state index >= 15 is 0 Å². The Morgan fingerprint density at radius 2 is 2.06 bits per heavy atom. The Bertz CT molecular complexity index is 334. The van der Waals surface area contributed by atoms with Gasteiger partial charge in [0.25, 0.3) is 0 Å². The Morgan fingerprint density at radius 1 is 1.28 bits per heavy atom. The second-order valence-corrected chi connectivity index (χ2v) is 4.73. The molecule has 18 heavy (non-hydrogen) atoms. The molecule has 0 aromatic carbocycles. The number of rotatable bonds is 5. The van der Waals surface area contributed by atoms with Crippen LogP contribution in [-0.4, -0.2) is 53.6 Å². The predicted octanol–water partition coefficient (Wildman–Crippen LogP) is 0.726. The molecule has 0 aliphatic carbocycles. The van der Waals surface area contributed by atoms with E-state index in [0.717, 1.165) is 45.0 Å². The van der Waals surface area contributed by atoms with Crippen molar-refractivity contribution in [3.8, 4) is 0 Å². The number of hydrogen-bond acceptors (Lipinski definition) is 5. The summed E-state index contributed by atoms with van der Waals surface area (Å²) >= 11 is 0. The van der Waals surface area contributed by atoms with E-state index in [1.165, 1.54) is 6.42 Å². The van der Waals surface area contributed by atoms with Crippen LogP contribution in [-0.2, 0) is 0 Å². The third kappa shape index (κ3) is 3.17. The van der Waals surface area contributed by atoms with Crippen LogP contribution >= 0.6 is 0 Å². The van der Waals surface area contributed by atoms with Gasteiger partial charge in [0.05, 0.1) is 6.20 Å². The summed E-state index contributed by atoms with van der Waals surface area (Å²) < 4.78 is 0. The molecule has 1 aliphatic rings. The third-order valence-electron chi connectivity index (χ3n) is 3.68. The van der Waals surface area contributed by atoms with Crippen LogP contribution < -0.4 is 10.6 Å². The van der Waals surface area contributed by atoms with Gasteiger partial charge in [-0.25, -0.2) is 4.98 Å². The standard InChI is InChI=1S/C13H23N5/c1-2-12(3-4-14)17-7-9-18(10-8-17)13-11-15-5-6-16-13/h5-6,11-12H,2-4,7-10,14H2,1H3. The van der Waals surface area contributed by atoms with Gasteiger partial charge >= 0.3 is 0 Å². The van der Waals surface area contributed by atoms with Gasteiger partial charge in [-0.1, -0.05) is 6.92 Å². The highest BCUT2D eigenvalue weighted by molar-refractivity contribution is 5.35. The smallest absolute Gasteiger partial charge is 0.147 e. The molecule has 1 aliphatic heterocycles. The first-order valence-corrected chi connectivity index (χ1v) is 6.80. The molecule has 2 heterocycles. The van der Waals surface area contributed by atoms with Gasteiger partial charge in [0.1, 0.15) is 5.82 Å². The van der Waals surface area contributed by atoms with Crippen molar-refractivity contribution in [3.05, 3.63) is 18.6 Å². The summed E-state index contributed by atoms with van der Waals surface area (Å²) in [6, 6.07) is 0.638. The zero-order chi connectivity index (χ0) is 12.8. The van der Waals surface area contributed by atoms with Crippen LogP contribution in [0, 0.1) is 0 Å². The van der Waals surface area contributed by atoms with E-state index in [9.17, 15) is 0 Å². The summed E-state index contributed by atoms with van der Waals surface area (Å²) in [6.45, 7) is 7.27. The fourth-order valence-electron chi connectivity index (χ4n) is 2.61. The zero-order valence-electron chi connectivity index (χ0n) is 11.1. The minimum absolute atomic E-state index is 0.638. The maximum Gasteiger partial charge on any atom is 0.147 e. The van der Waals surface area contributed by atoms with Gasteiger partial charge in [0.2, 0.25) is 0 Å². The average Bonchev–Trinajstić information content (AvgIpc) is 2.46. The van der Waals surface area contributed by atoms with E-state index in [2.05, 4.69) is 26.7 Å². The molecule has 2 rings (SSSR count). The highest BCUT2D eigenvalue weighted by atomic mass is 15.3. The van der Waals surface area contributed by atoms with Gasteiger partial charge in [-0.3, -0.25) is 9.88 Å². The first-order chi connectivity index (χ1) is 8.85. The van der Waals surface area contributed by atoms with Crippen LogP contribution in [0.1, 0.15) is 19.8 Å². The minimum atomic E-state index is 0.638. The topological polar surface area (TPSA) is 58.3 Å². The van der Waals surface area contributed by atoms with Crippen molar-refractivity contribution in [1.82, 2.24) is 14.9 Å². The number of piperazine rings is 1. The van der Waals surface area contributed by atoms with Crippen molar-refractivity contribution < 1.29 is 0 Å². The van der Waals surface area contributed by atoms with E-state index in [1.54, 1.807) is 12.4 Å². The lowest BCUT2D eigenvalue weighted by Crippen LogP contribution is -2.50. The second-order valence-electron chi connectivity index (χ2n) is 4.73. The molecular weight excluding hydrogens is 226 g/mol. The van der Waals surface area contributed by atoms with E-state index in [0.29, 0.717) is 6.04 Å². The fourth-order valence-corrected chi connectivity index (χ4v) is 2.61. The van der Waals surface area contributed by atoms with Crippen molar-refractivity contribution in [3.63, 3.8) is 0 Å². The average molecular weight is 249 g/mol. The highest BCUT2D eigenvalue weighted by Gasteiger charge is 2.22. The largest absolute Gasteiger partial charge is 0.353 e. The van der Waals surface area contributed by atoms with Crippen LogP contribution in [0.3, 0.4) is 0 Å². The molecule has 1 aromatic heterocycles. The van der Waals surface area contributed by atoms with Crippen molar-refractivity contribution in [2.45, 2.75) is 25.8 Å². The number of aromatic nitrogens is 2. The van der Waals surface area contributed by atoms with Gasteiger partial charge in [0, 0.05) is 44.6 Å². The Labute approximate surface area is 109 Å². The molecule has 1 unspecified atom stereocenters. The maximum atomic E-state index is 5.67. The molecular formula is C13H23N5. The maximum absolute atomic E-state index is 5.67. The van der Waals surface area contributed by atoms with Crippen molar-refractivity contribution in [2.75, 3.05) is 37.6 Å². The lowest BCUT2D eigenvalue weighted by Gasteiger charge is -2.39. The van der Waals surface area contributed by atoms with E-state index in [1.807, 2.05) is 6.20 Å². The Kier molecular flexibility index (Phi) is 4.90. The van der Waals surface area contributed by atoms with E-state index in [4.69, 9.17) is 5.73 Å². The normalized spacial score (nSPS) is 18.9. The van der Waals surface area contributed by atoms with Crippen LogP contribution in [0.25, 0.3) is 0 Å².